The van der Waals surface area contributed by atoms with Crippen LogP contribution in [0.5, 0.6) is 0 Å². The summed E-state index contributed by atoms with van der Waals surface area (Å²) < 4.78 is 0. The molecule has 1 amide bonds. The van der Waals surface area contributed by atoms with Crippen LogP contribution in [0.2, 0.25) is 0 Å². The van der Waals surface area contributed by atoms with Crippen LogP contribution in [0.25, 0.3) is 0 Å². The fourth-order valence-electron chi connectivity index (χ4n) is 2.57. The summed E-state index contributed by atoms with van der Waals surface area (Å²) in [5, 5.41) is 6.29. The van der Waals surface area contributed by atoms with Crippen LogP contribution in [0, 0.1) is 24.2 Å². The van der Waals surface area contributed by atoms with Crippen LogP contribution in [0.4, 0.5) is 0 Å². The van der Waals surface area contributed by atoms with Gasteiger partial charge in [-0.05, 0) is 57.8 Å². The molecule has 2 N–H and O–H groups in total. The van der Waals surface area contributed by atoms with E-state index in [2.05, 4.69) is 35.3 Å². The van der Waals surface area contributed by atoms with Gasteiger partial charge in [-0.3, -0.25) is 9.69 Å². The third-order valence-corrected chi connectivity index (χ3v) is 3.93. The largest absolute Gasteiger partial charge is 0.344 e. The molecule has 0 aromatic carbocycles. The summed E-state index contributed by atoms with van der Waals surface area (Å²) in [6, 6.07) is -0.0760. The highest BCUT2D eigenvalue weighted by atomic mass is 16.2. The van der Waals surface area contributed by atoms with E-state index in [9.17, 15) is 4.79 Å². The number of nitrogens with zero attached hydrogens (tertiary/aromatic N) is 1. The number of hydrogen-bond acceptors (Lipinski definition) is 3. The minimum absolute atomic E-state index is 0.0410. The quantitative estimate of drug-likeness (QED) is 0.686. The third kappa shape index (κ3) is 5.94. The van der Waals surface area contributed by atoms with Crippen molar-refractivity contribution in [2.45, 2.75) is 39.7 Å². The van der Waals surface area contributed by atoms with Gasteiger partial charge in [0.1, 0.15) is 0 Å². The molecule has 0 saturated carbocycles. The fourth-order valence-corrected chi connectivity index (χ4v) is 2.57. The summed E-state index contributed by atoms with van der Waals surface area (Å²) in [5.41, 5.74) is 0. The number of carbonyl (C=O) groups excluding carboxylic acids is 1. The number of likely N-dealkylation sites (tertiary alicyclic amines) is 1. The molecule has 0 radical (unpaired) electrons. The smallest absolute Gasteiger partial charge is 0.237 e. The Hall–Kier alpha value is -1.05. The highest BCUT2D eigenvalue weighted by Gasteiger charge is 2.26. The van der Waals surface area contributed by atoms with Crippen LogP contribution < -0.4 is 10.6 Å². The average Bonchev–Trinajstić information content (AvgIpc) is 2.44. The maximum atomic E-state index is 11.9. The van der Waals surface area contributed by atoms with Crippen molar-refractivity contribution in [3.8, 4) is 12.3 Å². The average molecular weight is 279 g/mol. The van der Waals surface area contributed by atoms with E-state index in [-0.39, 0.29) is 11.9 Å². The standard InChI is InChI=1S/C16H29N3O/c1-5-8-18-16(20)14(4)19-9-6-15(7-10-19)12-17-11-13(2)3/h1,13-15,17H,6-12H2,2-4H3,(H,18,20). The van der Waals surface area contributed by atoms with Gasteiger partial charge in [-0.2, -0.15) is 0 Å². The van der Waals surface area contributed by atoms with Crippen molar-refractivity contribution < 1.29 is 4.79 Å². The molecule has 0 aromatic rings. The number of amides is 1. The molecule has 4 heteroatoms. The van der Waals surface area contributed by atoms with Gasteiger partial charge in [0.05, 0.1) is 12.6 Å². The third-order valence-electron chi connectivity index (χ3n) is 3.93. The van der Waals surface area contributed by atoms with Crippen molar-refractivity contribution in [2.75, 3.05) is 32.7 Å². The van der Waals surface area contributed by atoms with E-state index < -0.39 is 0 Å². The van der Waals surface area contributed by atoms with Crippen molar-refractivity contribution in [1.29, 1.82) is 0 Å². The van der Waals surface area contributed by atoms with Crippen molar-refractivity contribution >= 4 is 5.91 Å². The number of hydrogen-bond donors (Lipinski definition) is 2. The molecule has 0 aromatic heterocycles. The monoisotopic (exact) mass is 279 g/mol. The molecule has 1 rings (SSSR count). The lowest BCUT2D eigenvalue weighted by atomic mass is 9.95. The van der Waals surface area contributed by atoms with Gasteiger partial charge in [-0.25, -0.2) is 0 Å². The second-order valence-corrected chi connectivity index (χ2v) is 6.13. The zero-order valence-electron chi connectivity index (χ0n) is 13.1. The lowest BCUT2D eigenvalue weighted by molar-refractivity contribution is -0.126. The topological polar surface area (TPSA) is 44.4 Å². The molecule has 1 aliphatic heterocycles. The molecule has 1 atom stereocenters. The molecular formula is C16H29N3O. The van der Waals surface area contributed by atoms with E-state index in [0.717, 1.165) is 44.9 Å². The van der Waals surface area contributed by atoms with Gasteiger partial charge in [0, 0.05) is 0 Å². The maximum Gasteiger partial charge on any atom is 0.237 e. The first-order chi connectivity index (χ1) is 9.54. The van der Waals surface area contributed by atoms with Gasteiger partial charge in [0.25, 0.3) is 0 Å². The maximum absolute atomic E-state index is 11.9. The Labute approximate surface area is 123 Å². The summed E-state index contributed by atoms with van der Waals surface area (Å²) in [5.74, 6) is 3.92. The van der Waals surface area contributed by atoms with E-state index in [4.69, 9.17) is 6.42 Å². The molecule has 4 nitrogen and oxygen atoms in total. The Morgan fingerprint density at radius 3 is 2.55 bits per heavy atom. The summed E-state index contributed by atoms with van der Waals surface area (Å²) in [7, 11) is 0. The molecule has 1 heterocycles. The van der Waals surface area contributed by atoms with Crippen LogP contribution in [0.3, 0.4) is 0 Å². The SMILES string of the molecule is C#CCNC(=O)C(C)N1CCC(CNCC(C)C)CC1. The number of carbonyl (C=O) groups is 1. The summed E-state index contributed by atoms with van der Waals surface area (Å²) in [6.45, 7) is 10.9. The van der Waals surface area contributed by atoms with Gasteiger partial charge < -0.3 is 10.6 Å². The Morgan fingerprint density at radius 2 is 2.00 bits per heavy atom. The van der Waals surface area contributed by atoms with E-state index in [1.54, 1.807) is 0 Å². The summed E-state index contributed by atoms with van der Waals surface area (Å²) >= 11 is 0. The van der Waals surface area contributed by atoms with Crippen LogP contribution in [0.1, 0.15) is 33.6 Å². The second-order valence-electron chi connectivity index (χ2n) is 6.13. The fraction of sp³-hybridized carbons (Fsp3) is 0.812. The van der Waals surface area contributed by atoms with E-state index in [1.807, 2.05) is 6.92 Å². The van der Waals surface area contributed by atoms with Crippen LogP contribution >= 0.6 is 0 Å². The molecule has 114 valence electrons. The van der Waals surface area contributed by atoms with E-state index in [0.29, 0.717) is 12.5 Å². The van der Waals surface area contributed by atoms with Crippen LogP contribution in [-0.4, -0.2) is 49.6 Å². The zero-order valence-corrected chi connectivity index (χ0v) is 13.1. The lowest BCUT2D eigenvalue weighted by Gasteiger charge is -2.35. The van der Waals surface area contributed by atoms with Crippen molar-refractivity contribution in [1.82, 2.24) is 15.5 Å². The molecular weight excluding hydrogens is 250 g/mol. The van der Waals surface area contributed by atoms with Gasteiger partial charge in [-0.15, -0.1) is 6.42 Å². The molecule has 1 fully saturated rings. The second kappa shape index (κ2) is 8.99. The first-order valence-electron chi connectivity index (χ1n) is 7.70. The normalized spacial score (nSPS) is 18.8. The highest BCUT2D eigenvalue weighted by Crippen LogP contribution is 2.18. The minimum Gasteiger partial charge on any atom is -0.344 e. The highest BCUT2D eigenvalue weighted by molar-refractivity contribution is 5.81. The molecule has 0 spiro atoms. The predicted octanol–water partition coefficient (Wildman–Crippen LogP) is 1.08. The molecule has 0 aliphatic carbocycles. The van der Waals surface area contributed by atoms with E-state index in [1.165, 1.54) is 0 Å². The van der Waals surface area contributed by atoms with Gasteiger partial charge in [0.2, 0.25) is 5.91 Å². The first kappa shape index (κ1) is 17.0. The molecule has 1 saturated heterocycles. The number of piperidine rings is 1. The predicted molar refractivity (Wildman–Crippen MR) is 83.3 cm³/mol. The van der Waals surface area contributed by atoms with Crippen LogP contribution in [-0.2, 0) is 4.79 Å². The first-order valence-corrected chi connectivity index (χ1v) is 7.70. The zero-order chi connectivity index (χ0) is 15.0. The Morgan fingerprint density at radius 1 is 1.35 bits per heavy atom. The van der Waals surface area contributed by atoms with Crippen molar-refractivity contribution in [2.24, 2.45) is 11.8 Å². The van der Waals surface area contributed by atoms with Crippen molar-refractivity contribution in [3.63, 3.8) is 0 Å². The number of rotatable bonds is 7. The van der Waals surface area contributed by atoms with E-state index >= 15 is 0 Å². The summed E-state index contributed by atoms with van der Waals surface area (Å²) in [4.78, 5) is 14.1. The lowest BCUT2D eigenvalue weighted by Crippen LogP contribution is -2.49. The number of terminal acetylenes is 1. The molecule has 1 unspecified atom stereocenters. The molecule has 1 aliphatic rings. The Bertz CT molecular complexity index is 327. The Kier molecular flexibility index (Phi) is 7.64. The van der Waals surface area contributed by atoms with Crippen LogP contribution in [0.15, 0.2) is 0 Å². The van der Waals surface area contributed by atoms with Gasteiger partial charge >= 0.3 is 0 Å². The minimum atomic E-state index is -0.0760. The van der Waals surface area contributed by atoms with Gasteiger partial charge in [0.15, 0.2) is 0 Å². The molecule has 20 heavy (non-hydrogen) atoms. The van der Waals surface area contributed by atoms with Gasteiger partial charge in [-0.1, -0.05) is 19.8 Å². The Balaban J connectivity index is 2.24. The number of nitrogens with one attached hydrogen (secondary N) is 2. The van der Waals surface area contributed by atoms with Crippen molar-refractivity contribution in [3.05, 3.63) is 0 Å². The molecule has 0 bridgehead atoms. The summed E-state index contributed by atoms with van der Waals surface area (Å²) in [6.07, 6.45) is 7.49.